The number of unbranched alkanes of at least 4 members (excludes halogenated alkanes) is 1. The molecule has 114 valence electrons. The van der Waals surface area contributed by atoms with Crippen molar-refractivity contribution in [3.63, 3.8) is 0 Å². The van der Waals surface area contributed by atoms with E-state index in [-0.39, 0.29) is 0 Å². The van der Waals surface area contributed by atoms with Gasteiger partial charge in [-0.25, -0.2) is 0 Å². The smallest absolute Gasteiger partial charge is 0.126 e. The van der Waals surface area contributed by atoms with E-state index in [4.69, 9.17) is 4.74 Å². The lowest BCUT2D eigenvalue weighted by Gasteiger charge is -2.20. The largest absolute Gasteiger partial charge is 0.492 e. The first kappa shape index (κ1) is 17.0. The SMILES string of the molecule is CCCCNCCOc1c(C(C)C)cccc1C(C)C. The van der Waals surface area contributed by atoms with E-state index in [2.05, 4.69) is 58.1 Å². The van der Waals surface area contributed by atoms with Crippen LogP contribution in [0.4, 0.5) is 0 Å². The fourth-order valence-electron chi connectivity index (χ4n) is 2.30. The zero-order chi connectivity index (χ0) is 15.0. The summed E-state index contributed by atoms with van der Waals surface area (Å²) in [6.07, 6.45) is 2.47. The molecular formula is C18H31NO. The molecule has 0 radical (unpaired) electrons. The van der Waals surface area contributed by atoms with Gasteiger partial charge >= 0.3 is 0 Å². The molecule has 0 fully saturated rings. The number of ether oxygens (including phenoxy) is 1. The van der Waals surface area contributed by atoms with Crippen LogP contribution in [0.3, 0.4) is 0 Å². The van der Waals surface area contributed by atoms with Crippen LogP contribution in [-0.4, -0.2) is 19.7 Å². The van der Waals surface area contributed by atoms with Gasteiger partial charge in [0.2, 0.25) is 0 Å². The van der Waals surface area contributed by atoms with Crippen molar-refractivity contribution in [1.82, 2.24) is 5.32 Å². The Balaban J connectivity index is 2.66. The molecule has 0 unspecified atom stereocenters. The number of hydrogen-bond acceptors (Lipinski definition) is 2. The third-order valence-electron chi connectivity index (χ3n) is 3.55. The monoisotopic (exact) mass is 277 g/mol. The van der Waals surface area contributed by atoms with Crippen molar-refractivity contribution in [2.45, 2.75) is 59.3 Å². The molecule has 2 heteroatoms. The highest BCUT2D eigenvalue weighted by Gasteiger charge is 2.14. The van der Waals surface area contributed by atoms with Crippen molar-refractivity contribution in [2.75, 3.05) is 19.7 Å². The number of rotatable bonds is 9. The van der Waals surface area contributed by atoms with E-state index in [1.165, 1.54) is 24.0 Å². The highest BCUT2D eigenvalue weighted by molar-refractivity contribution is 5.44. The minimum atomic E-state index is 0.497. The second-order valence-electron chi connectivity index (χ2n) is 6.03. The molecule has 0 aliphatic heterocycles. The first-order valence-electron chi connectivity index (χ1n) is 8.04. The fourth-order valence-corrected chi connectivity index (χ4v) is 2.30. The zero-order valence-corrected chi connectivity index (χ0v) is 13.8. The minimum Gasteiger partial charge on any atom is -0.492 e. The van der Waals surface area contributed by atoms with E-state index in [1.54, 1.807) is 0 Å². The molecule has 0 aromatic heterocycles. The Labute approximate surface area is 124 Å². The van der Waals surface area contributed by atoms with Crippen LogP contribution in [0.2, 0.25) is 0 Å². The van der Waals surface area contributed by atoms with Crippen LogP contribution in [0, 0.1) is 0 Å². The van der Waals surface area contributed by atoms with Crippen LogP contribution in [0.5, 0.6) is 5.75 Å². The van der Waals surface area contributed by atoms with Gasteiger partial charge in [-0.05, 0) is 35.9 Å². The van der Waals surface area contributed by atoms with Crippen molar-refractivity contribution < 1.29 is 4.74 Å². The topological polar surface area (TPSA) is 21.3 Å². The summed E-state index contributed by atoms with van der Waals surface area (Å²) in [5, 5.41) is 3.43. The molecule has 0 atom stereocenters. The number of nitrogens with one attached hydrogen (secondary N) is 1. The lowest BCUT2D eigenvalue weighted by molar-refractivity contribution is 0.305. The van der Waals surface area contributed by atoms with Crippen LogP contribution >= 0.6 is 0 Å². The molecule has 0 bridgehead atoms. The average molecular weight is 277 g/mol. The summed E-state index contributed by atoms with van der Waals surface area (Å²) in [4.78, 5) is 0. The number of hydrogen-bond donors (Lipinski definition) is 1. The molecular weight excluding hydrogens is 246 g/mol. The van der Waals surface area contributed by atoms with Gasteiger partial charge in [-0.2, -0.15) is 0 Å². The van der Waals surface area contributed by atoms with Crippen molar-refractivity contribution in [2.24, 2.45) is 0 Å². The first-order chi connectivity index (χ1) is 9.57. The van der Waals surface area contributed by atoms with Crippen molar-refractivity contribution in [1.29, 1.82) is 0 Å². The van der Waals surface area contributed by atoms with E-state index in [0.29, 0.717) is 11.8 Å². The summed E-state index contributed by atoms with van der Waals surface area (Å²) in [6.45, 7) is 13.9. The molecule has 1 aromatic carbocycles. The minimum absolute atomic E-state index is 0.497. The van der Waals surface area contributed by atoms with Crippen molar-refractivity contribution in [3.05, 3.63) is 29.3 Å². The van der Waals surface area contributed by atoms with Gasteiger partial charge < -0.3 is 10.1 Å². The third kappa shape index (κ3) is 5.16. The predicted molar refractivity (Wildman–Crippen MR) is 87.9 cm³/mol. The summed E-state index contributed by atoms with van der Waals surface area (Å²) in [7, 11) is 0. The lowest BCUT2D eigenvalue weighted by atomic mass is 9.94. The Morgan fingerprint density at radius 3 is 2.10 bits per heavy atom. The maximum atomic E-state index is 6.11. The molecule has 1 aromatic rings. The van der Waals surface area contributed by atoms with Crippen LogP contribution in [0.15, 0.2) is 18.2 Å². The first-order valence-corrected chi connectivity index (χ1v) is 8.04. The average Bonchev–Trinajstić information content (AvgIpc) is 2.42. The highest BCUT2D eigenvalue weighted by Crippen LogP contribution is 2.34. The van der Waals surface area contributed by atoms with E-state index in [9.17, 15) is 0 Å². The molecule has 0 saturated heterocycles. The Bertz CT molecular complexity index is 359. The maximum Gasteiger partial charge on any atom is 0.126 e. The Kier molecular flexibility index (Phi) is 7.68. The van der Waals surface area contributed by atoms with Crippen molar-refractivity contribution in [3.8, 4) is 5.75 Å². The van der Waals surface area contributed by atoms with Crippen LogP contribution in [-0.2, 0) is 0 Å². The summed E-state index contributed by atoms with van der Waals surface area (Å²) in [5.74, 6) is 2.10. The fraction of sp³-hybridized carbons (Fsp3) is 0.667. The van der Waals surface area contributed by atoms with Gasteiger partial charge in [-0.15, -0.1) is 0 Å². The molecule has 0 spiro atoms. The van der Waals surface area contributed by atoms with Crippen LogP contribution in [0.25, 0.3) is 0 Å². The summed E-state index contributed by atoms with van der Waals surface area (Å²) in [6, 6.07) is 6.53. The van der Waals surface area contributed by atoms with Gasteiger partial charge in [0.15, 0.2) is 0 Å². The Morgan fingerprint density at radius 2 is 1.60 bits per heavy atom. The quantitative estimate of drug-likeness (QED) is 0.660. The molecule has 20 heavy (non-hydrogen) atoms. The second-order valence-corrected chi connectivity index (χ2v) is 6.03. The van der Waals surface area contributed by atoms with E-state index >= 15 is 0 Å². The van der Waals surface area contributed by atoms with Gasteiger partial charge in [-0.3, -0.25) is 0 Å². The molecule has 0 heterocycles. The molecule has 1 rings (SSSR count). The molecule has 0 aliphatic rings. The Hall–Kier alpha value is -1.02. The van der Waals surface area contributed by atoms with Gasteiger partial charge in [0.05, 0.1) is 0 Å². The molecule has 0 amide bonds. The standard InChI is InChI=1S/C18H31NO/c1-6-7-11-19-12-13-20-18-16(14(2)3)9-8-10-17(18)15(4)5/h8-10,14-15,19H,6-7,11-13H2,1-5H3. The van der Waals surface area contributed by atoms with Gasteiger partial charge in [0.1, 0.15) is 12.4 Å². The predicted octanol–water partition coefficient (Wildman–Crippen LogP) is 4.70. The summed E-state index contributed by atoms with van der Waals surface area (Å²) >= 11 is 0. The van der Waals surface area contributed by atoms with Crippen LogP contribution in [0.1, 0.15) is 70.4 Å². The lowest BCUT2D eigenvalue weighted by Crippen LogP contribution is -2.22. The van der Waals surface area contributed by atoms with E-state index in [0.717, 1.165) is 25.4 Å². The highest BCUT2D eigenvalue weighted by atomic mass is 16.5. The van der Waals surface area contributed by atoms with Gasteiger partial charge in [0, 0.05) is 6.54 Å². The van der Waals surface area contributed by atoms with E-state index in [1.807, 2.05) is 0 Å². The van der Waals surface area contributed by atoms with Crippen molar-refractivity contribution >= 4 is 0 Å². The molecule has 1 N–H and O–H groups in total. The second kappa shape index (κ2) is 9.02. The van der Waals surface area contributed by atoms with E-state index < -0.39 is 0 Å². The third-order valence-corrected chi connectivity index (χ3v) is 3.55. The van der Waals surface area contributed by atoms with Crippen LogP contribution < -0.4 is 10.1 Å². The molecule has 0 saturated carbocycles. The normalized spacial score (nSPS) is 11.3. The molecule has 0 aliphatic carbocycles. The Morgan fingerprint density at radius 1 is 1.00 bits per heavy atom. The number of benzene rings is 1. The maximum absolute atomic E-state index is 6.11. The number of para-hydroxylation sites is 1. The van der Waals surface area contributed by atoms with Gasteiger partial charge in [-0.1, -0.05) is 59.2 Å². The summed E-state index contributed by atoms with van der Waals surface area (Å²) in [5.41, 5.74) is 2.65. The zero-order valence-electron chi connectivity index (χ0n) is 13.8. The summed E-state index contributed by atoms with van der Waals surface area (Å²) < 4.78 is 6.11. The molecule has 2 nitrogen and oxygen atoms in total. The van der Waals surface area contributed by atoms with Gasteiger partial charge in [0.25, 0.3) is 0 Å².